The maximum Gasteiger partial charge on any atom is 0.187 e. The van der Waals surface area contributed by atoms with Gasteiger partial charge in [-0.2, -0.15) is 0 Å². The van der Waals surface area contributed by atoms with E-state index in [0.29, 0.717) is 10.8 Å². The number of hydrogen-bond acceptors (Lipinski definition) is 4. The lowest BCUT2D eigenvalue weighted by Gasteiger charge is -2.04. The van der Waals surface area contributed by atoms with Crippen LogP contribution < -0.4 is 10.1 Å². The molecule has 1 heterocycles. The molecule has 0 aliphatic heterocycles. The van der Waals surface area contributed by atoms with Gasteiger partial charge in [0.15, 0.2) is 5.13 Å². The fourth-order valence-electron chi connectivity index (χ4n) is 1.95. The van der Waals surface area contributed by atoms with E-state index in [-0.39, 0.29) is 5.82 Å². The molecule has 0 fully saturated rings. The quantitative estimate of drug-likeness (QED) is 0.698. The normalized spacial score (nSPS) is 10.5. The van der Waals surface area contributed by atoms with Crippen LogP contribution in [-0.4, -0.2) is 12.1 Å². The first-order valence-corrected chi connectivity index (χ1v) is 7.73. The number of hydrogen-bond donors (Lipinski definition) is 1. The first-order valence-electron chi connectivity index (χ1n) is 6.48. The SMILES string of the molecule is COc1ccc(-c2csc(Nc3ccc(F)cc3)n2)cc1Cl. The molecule has 3 aromatic rings. The van der Waals surface area contributed by atoms with Gasteiger partial charge in [-0.25, -0.2) is 9.37 Å². The molecular formula is C16H12ClFN2OS. The van der Waals surface area contributed by atoms with E-state index in [1.807, 2.05) is 23.6 Å². The van der Waals surface area contributed by atoms with Crippen LogP contribution in [0.3, 0.4) is 0 Å². The van der Waals surface area contributed by atoms with Crippen LogP contribution in [0.25, 0.3) is 11.3 Å². The fourth-order valence-corrected chi connectivity index (χ4v) is 2.94. The Bertz CT molecular complexity index is 789. The molecule has 0 aliphatic carbocycles. The van der Waals surface area contributed by atoms with Crippen LogP contribution in [-0.2, 0) is 0 Å². The van der Waals surface area contributed by atoms with Crippen molar-refractivity contribution in [3.8, 4) is 17.0 Å². The summed E-state index contributed by atoms with van der Waals surface area (Å²) in [6.45, 7) is 0. The Balaban J connectivity index is 1.81. The predicted octanol–water partition coefficient (Wildman–Crippen LogP) is 5.35. The van der Waals surface area contributed by atoms with E-state index in [1.165, 1.54) is 23.5 Å². The van der Waals surface area contributed by atoms with Gasteiger partial charge in [0.2, 0.25) is 0 Å². The topological polar surface area (TPSA) is 34.1 Å². The van der Waals surface area contributed by atoms with E-state index >= 15 is 0 Å². The van der Waals surface area contributed by atoms with Gasteiger partial charge >= 0.3 is 0 Å². The highest BCUT2D eigenvalue weighted by atomic mass is 35.5. The largest absolute Gasteiger partial charge is 0.495 e. The number of halogens is 2. The summed E-state index contributed by atoms with van der Waals surface area (Å²) >= 11 is 7.60. The molecule has 1 N–H and O–H groups in total. The molecule has 0 atom stereocenters. The second-order valence-corrected chi connectivity index (χ2v) is 5.78. The number of rotatable bonds is 4. The zero-order chi connectivity index (χ0) is 15.5. The average molecular weight is 335 g/mol. The minimum Gasteiger partial charge on any atom is -0.495 e. The van der Waals surface area contributed by atoms with Crippen molar-refractivity contribution in [2.45, 2.75) is 0 Å². The molecule has 3 nitrogen and oxygen atoms in total. The number of ether oxygens (including phenoxy) is 1. The minimum absolute atomic E-state index is 0.266. The first-order chi connectivity index (χ1) is 10.7. The van der Waals surface area contributed by atoms with E-state index < -0.39 is 0 Å². The number of thiazole rings is 1. The van der Waals surface area contributed by atoms with Crippen LogP contribution in [0.15, 0.2) is 47.8 Å². The van der Waals surface area contributed by atoms with Gasteiger partial charge in [0.1, 0.15) is 11.6 Å². The molecular weight excluding hydrogens is 323 g/mol. The number of nitrogens with one attached hydrogen (secondary N) is 1. The summed E-state index contributed by atoms with van der Waals surface area (Å²) in [5, 5.41) is 6.35. The highest BCUT2D eigenvalue weighted by Gasteiger charge is 2.08. The van der Waals surface area contributed by atoms with Gasteiger partial charge in [-0.1, -0.05) is 11.6 Å². The van der Waals surface area contributed by atoms with Crippen LogP contribution in [0, 0.1) is 5.82 Å². The van der Waals surface area contributed by atoms with E-state index in [9.17, 15) is 4.39 Å². The molecule has 0 unspecified atom stereocenters. The Kier molecular flexibility index (Phi) is 4.27. The van der Waals surface area contributed by atoms with Crippen molar-refractivity contribution in [2.75, 3.05) is 12.4 Å². The molecule has 0 spiro atoms. The summed E-state index contributed by atoms with van der Waals surface area (Å²) in [6.07, 6.45) is 0. The number of anilines is 2. The van der Waals surface area contributed by atoms with Gasteiger partial charge in [-0.15, -0.1) is 11.3 Å². The Hall–Kier alpha value is -2.11. The molecule has 0 aliphatic rings. The third kappa shape index (κ3) is 3.21. The van der Waals surface area contributed by atoms with Crippen LogP contribution in [0.1, 0.15) is 0 Å². The summed E-state index contributed by atoms with van der Waals surface area (Å²) in [7, 11) is 1.58. The second kappa shape index (κ2) is 6.34. The highest BCUT2D eigenvalue weighted by molar-refractivity contribution is 7.14. The lowest BCUT2D eigenvalue weighted by atomic mass is 10.2. The summed E-state index contributed by atoms with van der Waals surface area (Å²) in [5.41, 5.74) is 2.52. The molecule has 0 saturated heterocycles. The zero-order valence-electron chi connectivity index (χ0n) is 11.6. The third-order valence-corrected chi connectivity index (χ3v) is 4.10. The summed E-state index contributed by atoms with van der Waals surface area (Å²) in [6, 6.07) is 11.7. The van der Waals surface area contributed by atoms with E-state index in [4.69, 9.17) is 16.3 Å². The van der Waals surface area contributed by atoms with Crippen molar-refractivity contribution in [1.82, 2.24) is 4.98 Å². The van der Waals surface area contributed by atoms with E-state index in [2.05, 4.69) is 10.3 Å². The second-order valence-electron chi connectivity index (χ2n) is 4.52. The van der Waals surface area contributed by atoms with E-state index in [0.717, 1.165) is 22.1 Å². The van der Waals surface area contributed by atoms with Crippen LogP contribution in [0.5, 0.6) is 5.75 Å². The fraction of sp³-hybridized carbons (Fsp3) is 0.0625. The molecule has 112 valence electrons. The van der Waals surface area contributed by atoms with Crippen molar-refractivity contribution in [3.05, 3.63) is 58.7 Å². The number of aromatic nitrogens is 1. The van der Waals surface area contributed by atoms with Crippen molar-refractivity contribution in [2.24, 2.45) is 0 Å². The Morgan fingerprint density at radius 3 is 2.64 bits per heavy atom. The third-order valence-electron chi connectivity index (χ3n) is 3.05. The van der Waals surface area contributed by atoms with Crippen LogP contribution in [0.2, 0.25) is 5.02 Å². The Labute approximate surface area is 136 Å². The average Bonchev–Trinajstić information content (AvgIpc) is 2.98. The monoisotopic (exact) mass is 334 g/mol. The summed E-state index contributed by atoms with van der Waals surface area (Å²) < 4.78 is 18.0. The van der Waals surface area contributed by atoms with Crippen LogP contribution in [0.4, 0.5) is 15.2 Å². The molecule has 3 rings (SSSR count). The summed E-state index contributed by atoms with van der Waals surface area (Å²) in [4.78, 5) is 4.51. The standard InChI is InChI=1S/C16H12ClFN2OS/c1-21-15-7-2-10(8-13(15)17)14-9-22-16(20-14)19-12-5-3-11(18)4-6-12/h2-9H,1H3,(H,19,20). The van der Waals surface area contributed by atoms with Gasteiger partial charge in [0.25, 0.3) is 0 Å². The molecule has 2 aromatic carbocycles. The van der Waals surface area contributed by atoms with Gasteiger partial charge < -0.3 is 10.1 Å². The van der Waals surface area contributed by atoms with Crippen molar-refractivity contribution >= 4 is 33.8 Å². The Morgan fingerprint density at radius 1 is 1.18 bits per heavy atom. The van der Waals surface area contributed by atoms with Crippen LogP contribution >= 0.6 is 22.9 Å². The highest BCUT2D eigenvalue weighted by Crippen LogP contribution is 2.32. The van der Waals surface area contributed by atoms with Gasteiger partial charge in [0.05, 0.1) is 17.8 Å². The molecule has 22 heavy (non-hydrogen) atoms. The molecule has 1 aromatic heterocycles. The number of methoxy groups -OCH3 is 1. The van der Waals surface area contributed by atoms with E-state index in [1.54, 1.807) is 19.2 Å². The maximum atomic E-state index is 12.9. The smallest absolute Gasteiger partial charge is 0.187 e. The lowest BCUT2D eigenvalue weighted by molar-refractivity contribution is 0.415. The van der Waals surface area contributed by atoms with Gasteiger partial charge in [0, 0.05) is 16.6 Å². The number of nitrogens with zero attached hydrogens (tertiary/aromatic N) is 1. The van der Waals surface area contributed by atoms with Crippen molar-refractivity contribution < 1.29 is 9.13 Å². The molecule has 0 saturated carbocycles. The zero-order valence-corrected chi connectivity index (χ0v) is 13.2. The van der Waals surface area contributed by atoms with Crippen molar-refractivity contribution in [3.63, 3.8) is 0 Å². The maximum absolute atomic E-state index is 12.9. The molecule has 6 heteroatoms. The lowest BCUT2D eigenvalue weighted by Crippen LogP contribution is -1.90. The molecule has 0 bridgehead atoms. The Morgan fingerprint density at radius 2 is 1.95 bits per heavy atom. The summed E-state index contributed by atoms with van der Waals surface area (Å²) in [5.74, 6) is 0.364. The van der Waals surface area contributed by atoms with Crippen molar-refractivity contribution in [1.29, 1.82) is 0 Å². The number of benzene rings is 2. The van der Waals surface area contributed by atoms with Gasteiger partial charge in [-0.05, 0) is 42.5 Å². The first kappa shape index (κ1) is 14.8. The molecule has 0 radical (unpaired) electrons. The van der Waals surface area contributed by atoms with Gasteiger partial charge in [-0.3, -0.25) is 0 Å². The molecule has 0 amide bonds. The minimum atomic E-state index is -0.266. The predicted molar refractivity (Wildman–Crippen MR) is 88.8 cm³/mol.